The molecule has 0 radical (unpaired) electrons. The first-order valence-electron chi connectivity index (χ1n) is 3.98. The zero-order valence-electron chi connectivity index (χ0n) is 8.33. The Morgan fingerprint density at radius 3 is 2.41 bits per heavy atom. The summed E-state index contributed by atoms with van der Waals surface area (Å²) in [5.41, 5.74) is -1.11. The first-order valence-corrected chi connectivity index (χ1v) is 6.32. The van der Waals surface area contributed by atoms with Crippen molar-refractivity contribution < 1.29 is 26.7 Å². The van der Waals surface area contributed by atoms with Crippen LogP contribution in [0.3, 0.4) is 0 Å². The first kappa shape index (κ1) is 14.0. The quantitative estimate of drug-likeness (QED) is 0.825. The van der Waals surface area contributed by atoms with E-state index in [1.54, 1.807) is 0 Å². The summed E-state index contributed by atoms with van der Waals surface area (Å²) in [4.78, 5) is 10.1. The van der Waals surface area contributed by atoms with Gasteiger partial charge in [-0.15, -0.1) is 0 Å². The fraction of sp³-hybridized carbons (Fsp3) is 0.125. The van der Waals surface area contributed by atoms with Crippen LogP contribution < -0.4 is 5.14 Å². The molecule has 1 aromatic rings. The Hall–Kier alpha value is -1.06. The molecule has 0 aromatic heterocycles. The summed E-state index contributed by atoms with van der Waals surface area (Å²) < 4.78 is 52.9. The van der Waals surface area contributed by atoms with Crippen molar-refractivity contribution in [3.05, 3.63) is 27.7 Å². The molecule has 0 aliphatic rings. The van der Waals surface area contributed by atoms with E-state index < -0.39 is 42.6 Å². The molecule has 2 N–H and O–H groups in total. The van der Waals surface area contributed by atoms with Crippen LogP contribution in [-0.4, -0.2) is 21.5 Å². The topological polar surface area (TPSA) is 86.5 Å². The van der Waals surface area contributed by atoms with Crippen molar-refractivity contribution in [1.82, 2.24) is 0 Å². The maximum absolute atomic E-state index is 13.7. The van der Waals surface area contributed by atoms with Crippen LogP contribution >= 0.6 is 15.9 Å². The van der Waals surface area contributed by atoms with Crippen molar-refractivity contribution in [3.63, 3.8) is 0 Å². The zero-order valence-corrected chi connectivity index (χ0v) is 10.7. The standard InChI is InChI=1S/C8H6BrF2NO4S/c1-16-8(13)5-4(10)2-3(9)7(6(5)11)17(12,14)15/h2H,1H3,(H2,12,14,15). The van der Waals surface area contributed by atoms with Crippen molar-refractivity contribution in [3.8, 4) is 0 Å². The average Bonchev–Trinajstić information content (AvgIpc) is 2.13. The number of sulfonamides is 1. The van der Waals surface area contributed by atoms with Crippen molar-refractivity contribution in [2.75, 3.05) is 7.11 Å². The van der Waals surface area contributed by atoms with Crippen molar-refractivity contribution in [2.45, 2.75) is 4.90 Å². The summed E-state index contributed by atoms with van der Waals surface area (Å²) in [7, 11) is -3.54. The molecule has 1 rings (SSSR count). The van der Waals surface area contributed by atoms with Crippen molar-refractivity contribution in [1.29, 1.82) is 0 Å². The number of esters is 1. The summed E-state index contributed by atoms with van der Waals surface area (Å²) in [5.74, 6) is -4.18. The Kier molecular flexibility index (Phi) is 3.84. The highest BCUT2D eigenvalue weighted by Crippen LogP contribution is 2.29. The Morgan fingerprint density at radius 1 is 1.47 bits per heavy atom. The van der Waals surface area contributed by atoms with Gasteiger partial charge in [0.05, 0.1) is 7.11 Å². The van der Waals surface area contributed by atoms with Gasteiger partial charge in [-0.05, 0) is 22.0 Å². The van der Waals surface area contributed by atoms with Gasteiger partial charge in [0.1, 0.15) is 16.3 Å². The zero-order chi connectivity index (χ0) is 13.4. The molecule has 0 aliphatic carbocycles. The third-order valence-electron chi connectivity index (χ3n) is 1.80. The minimum Gasteiger partial charge on any atom is -0.465 e. The molecule has 0 heterocycles. The van der Waals surface area contributed by atoms with Crippen LogP contribution in [0.2, 0.25) is 0 Å². The second-order valence-electron chi connectivity index (χ2n) is 2.89. The molecule has 0 spiro atoms. The molecule has 94 valence electrons. The fourth-order valence-electron chi connectivity index (χ4n) is 1.12. The van der Waals surface area contributed by atoms with Gasteiger partial charge in [-0.1, -0.05) is 0 Å². The molecule has 0 unspecified atom stereocenters. The lowest BCUT2D eigenvalue weighted by atomic mass is 10.2. The Bertz CT molecular complexity index is 588. The van der Waals surface area contributed by atoms with Gasteiger partial charge in [-0.2, -0.15) is 0 Å². The number of methoxy groups -OCH3 is 1. The van der Waals surface area contributed by atoms with Crippen LogP contribution in [0, 0.1) is 11.6 Å². The van der Waals surface area contributed by atoms with E-state index in [1.165, 1.54) is 0 Å². The fourth-order valence-corrected chi connectivity index (χ4v) is 2.86. The maximum atomic E-state index is 13.7. The van der Waals surface area contributed by atoms with Gasteiger partial charge < -0.3 is 4.74 Å². The summed E-state index contributed by atoms with van der Waals surface area (Å²) in [6, 6.07) is 0.620. The van der Waals surface area contributed by atoms with E-state index in [0.29, 0.717) is 6.07 Å². The van der Waals surface area contributed by atoms with Crippen molar-refractivity contribution >= 4 is 31.9 Å². The molecule has 0 saturated carbocycles. The molecule has 0 saturated heterocycles. The van der Waals surface area contributed by atoms with Crippen LogP contribution in [-0.2, 0) is 14.8 Å². The molecule has 9 heteroatoms. The number of carbonyl (C=O) groups is 1. The predicted octanol–water partition coefficient (Wildman–Crippen LogP) is 1.16. The molecule has 0 fully saturated rings. The summed E-state index contributed by atoms with van der Waals surface area (Å²) in [5, 5.41) is 4.75. The number of hydrogen-bond acceptors (Lipinski definition) is 4. The van der Waals surface area contributed by atoms with E-state index in [0.717, 1.165) is 7.11 Å². The lowest BCUT2D eigenvalue weighted by Crippen LogP contribution is -2.18. The third kappa shape index (κ3) is 2.61. The summed E-state index contributed by atoms with van der Waals surface area (Å²) in [6.45, 7) is 0. The number of carbonyl (C=O) groups excluding carboxylic acids is 1. The van der Waals surface area contributed by atoms with E-state index in [4.69, 9.17) is 5.14 Å². The van der Waals surface area contributed by atoms with Crippen LogP contribution in [0.1, 0.15) is 10.4 Å². The normalized spacial score (nSPS) is 11.4. The third-order valence-corrected chi connectivity index (χ3v) is 3.66. The van der Waals surface area contributed by atoms with Crippen LogP contribution in [0.15, 0.2) is 15.4 Å². The second-order valence-corrected chi connectivity index (χ2v) is 5.25. The molecule has 1 aromatic carbocycles. The van der Waals surface area contributed by atoms with Crippen LogP contribution in [0.5, 0.6) is 0 Å². The molecule has 0 atom stereocenters. The van der Waals surface area contributed by atoms with Crippen molar-refractivity contribution in [2.24, 2.45) is 5.14 Å². The van der Waals surface area contributed by atoms with E-state index in [1.807, 2.05) is 0 Å². The number of primary sulfonamides is 1. The van der Waals surface area contributed by atoms with E-state index in [2.05, 4.69) is 20.7 Å². The molecule has 0 aliphatic heterocycles. The average molecular weight is 330 g/mol. The Morgan fingerprint density at radius 2 is 2.00 bits per heavy atom. The smallest absolute Gasteiger partial charge is 0.343 e. The van der Waals surface area contributed by atoms with Crippen LogP contribution in [0.4, 0.5) is 8.78 Å². The molecule has 17 heavy (non-hydrogen) atoms. The number of halogens is 3. The number of benzene rings is 1. The highest BCUT2D eigenvalue weighted by atomic mass is 79.9. The second kappa shape index (κ2) is 4.67. The molecule has 0 amide bonds. The van der Waals surface area contributed by atoms with Gasteiger partial charge in [0.2, 0.25) is 10.0 Å². The lowest BCUT2D eigenvalue weighted by molar-refractivity contribution is 0.0589. The number of hydrogen-bond donors (Lipinski definition) is 1. The Labute approximate surface area is 104 Å². The van der Waals surface area contributed by atoms with Gasteiger partial charge in [0, 0.05) is 4.47 Å². The van der Waals surface area contributed by atoms with E-state index >= 15 is 0 Å². The van der Waals surface area contributed by atoms with E-state index in [9.17, 15) is 22.0 Å². The van der Waals surface area contributed by atoms with Gasteiger partial charge in [-0.3, -0.25) is 0 Å². The first-order chi connectivity index (χ1) is 7.70. The SMILES string of the molecule is COC(=O)c1c(F)cc(Br)c(S(N)(=O)=O)c1F. The predicted molar refractivity (Wildman–Crippen MR) is 56.8 cm³/mol. The molecular formula is C8H6BrF2NO4S. The highest BCUT2D eigenvalue weighted by molar-refractivity contribution is 9.10. The largest absolute Gasteiger partial charge is 0.465 e. The number of rotatable bonds is 2. The number of ether oxygens (including phenoxy) is 1. The highest BCUT2D eigenvalue weighted by Gasteiger charge is 2.28. The minimum atomic E-state index is -4.44. The lowest BCUT2D eigenvalue weighted by Gasteiger charge is -2.08. The monoisotopic (exact) mass is 329 g/mol. The maximum Gasteiger partial charge on any atom is 0.343 e. The Balaban J connectivity index is 3.73. The summed E-state index contributed by atoms with van der Waals surface area (Å²) in [6.07, 6.45) is 0. The van der Waals surface area contributed by atoms with Gasteiger partial charge in [0.25, 0.3) is 0 Å². The minimum absolute atomic E-state index is 0.414. The van der Waals surface area contributed by atoms with Gasteiger partial charge in [-0.25, -0.2) is 27.1 Å². The summed E-state index contributed by atoms with van der Waals surface area (Å²) >= 11 is 2.65. The number of nitrogens with two attached hydrogens (primary N) is 1. The molecule has 0 bridgehead atoms. The molecular weight excluding hydrogens is 324 g/mol. The van der Waals surface area contributed by atoms with Gasteiger partial charge in [0.15, 0.2) is 5.82 Å². The van der Waals surface area contributed by atoms with Crippen LogP contribution in [0.25, 0.3) is 0 Å². The van der Waals surface area contributed by atoms with E-state index in [-0.39, 0.29) is 0 Å². The molecule has 5 nitrogen and oxygen atoms in total. The van der Waals surface area contributed by atoms with Gasteiger partial charge >= 0.3 is 5.97 Å².